The molecule has 0 fully saturated rings. The third-order valence-electron chi connectivity index (χ3n) is 4.20. The number of hydrogen-bond donors (Lipinski definition) is 2. The highest BCUT2D eigenvalue weighted by Crippen LogP contribution is 2.26. The highest BCUT2D eigenvalue weighted by molar-refractivity contribution is 7.91. The zero-order valence-corrected chi connectivity index (χ0v) is 18.5. The standard InChI is InChI=1S/C19H19ClN4O4S2/c1-3-16(12-8-10-13(28-2)11-9-12)24-30(26,27)19-23-22-18(29-19)21-17(25)14-6-4-5-7-15(14)20/h4-11,16,24H,3H2,1-2H3,(H,21,22,25). The van der Waals surface area contributed by atoms with Crippen LogP contribution in [-0.2, 0) is 10.0 Å². The minimum atomic E-state index is -3.94. The molecule has 0 aliphatic rings. The number of halogens is 1. The maximum absolute atomic E-state index is 12.8. The molecule has 158 valence electrons. The number of rotatable bonds is 8. The van der Waals surface area contributed by atoms with Crippen LogP contribution in [0.15, 0.2) is 52.9 Å². The number of aromatic nitrogens is 2. The molecular formula is C19H19ClN4O4S2. The summed E-state index contributed by atoms with van der Waals surface area (Å²) in [6, 6.07) is 13.2. The molecular weight excluding hydrogens is 448 g/mol. The molecule has 0 aliphatic heterocycles. The van der Waals surface area contributed by atoms with Crippen molar-refractivity contribution in [3.8, 4) is 5.75 Å². The third-order valence-corrected chi connectivity index (χ3v) is 7.21. The van der Waals surface area contributed by atoms with Crippen molar-refractivity contribution in [3.05, 3.63) is 64.7 Å². The molecule has 1 amide bonds. The van der Waals surface area contributed by atoms with Crippen LogP contribution in [0.5, 0.6) is 5.75 Å². The zero-order valence-electron chi connectivity index (χ0n) is 16.1. The first-order valence-corrected chi connectivity index (χ1v) is 11.6. The molecule has 1 aromatic heterocycles. The monoisotopic (exact) mass is 466 g/mol. The van der Waals surface area contributed by atoms with Gasteiger partial charge in [0, 0.05) is 6.04 Å². The van der Waals surface area contributed by atoms with E-state index < -0.39 is 22.0 Å². The van der Waals surface area contributed by atoms with Crippen LogP contribution in [-0.4, -0.2) is 31.6 Å². The van der Waals surface area contributed by atoms with E-state index in [1.165, 1.54) is 0 Å². The van der Waals surface area contributed by atoms with Crippen molar-refractivity contribution in [3.63, 3.8) is 0 Å². The summed E-state index contributed by atoms with van der Waals surface area (Å²) < 4.78 is 33.0. The van der Waals surface area contributed by atoms with Gasteiger partial charge in [-0.25, -0.2) is 13.1 Å². The fourth-order valence-corrected chi connectivity index (χ4v) is 5.08. The first-order chi connectivity index (χ1) is 14.3. The van der Waals surface area contributed by atoms with Gasteiger partial charge in [0.05, 0.1) is 17.7 Å². The van der Waals surface area contributed by atoms with E-state index in [1.54, 1.807) is 55.6 Å². The highest BCUT2D eigenvalue weighted by Gasteiger charge is 2.25. The van der Waals surface area contributed by atoms with Gasteiger partial charge >= 0.3 is 0 Å². The Bertz CT molecular complexity index is 1130. The fourth-order valence-electron chi connectivity index (χ4n) is 2.64. The van der Waals surface area contributed by atoms with Gasteiger partial charge < -0.3 is 4.74 Å². The summed E-state index contributed by atoms with van der Waals surface area (Å²) in [5, 5.41) is 10.3. The molecule has 1 atom stereocenters. The van der Waals surface area contributed by atoms with Crippen molar-refractivity contribution in [1.29, 1.82) is 0 Å². The van der Waals surface area contributed by atoms with E-state index in [1.807, 2.05) is 6.92 Å². The van der Waals surface area contributed by atoms with Crippen LogP contribution >= 0.6 is 22.9 Å². The molecule has 8 nitrogen and oxygen atoms in total. The number of anilines is 1. The normalized spacial score (nSPS) is 12.4. The van der Waals surface area contributed by atoms with Crippen LogP contribution in [0.1, 0.15) is 35.3 Å². The van der Waals surface area contributed by atoms with Crippen LogP contribution in [0, 0.1) is 0 Å². The van der Waals surface area contributed by atoms with Crippen molar-refractivity contribution in [2.75, 3.05) is 12.4 Å². The molecule has 0 saturated heterocycles. The van der Waals surface area contributed by atoms with E-state index in [0.29, 0.717) is 12.2 Å². The molecule has 0 saturated carbocycles. The summed E-state index contributed by atoms with van der Waals surface area (Å²) in [4.78, 5) is 12.3. The van der Waals surface area contributed by atoms with Gasteiger partial charge in [0.15, 0.2) is 0 Å². The molecule has 11 heteroatoms. The van der Waals surface area contributed by atoms with E-state index in [-0.39, 0.29) is 20.1 Å². The molecule has 0 radical (unpaired) electrons. The number of amides is 1. The lowest BCUT2D eigenvalue weighted by atomic mass is 10.1. The Morgan fingerprint density at radius 3 is 2.50 bits per heavy atom. The number of carbonyl (C=O) groups excluding carboxylic acids is 1. The molecule has 1 unspecified atom stereocenters. The second-order valence-electron chi connectivity index (χ2n) is 6.16. The molecule has 30 heavy (non-hydrogen) atoms. The van der Waals surface area contributed by atoms with Crippen LogP contribution in [0.4, 0.5) is 5.13 Å². The Morgan fingerprint density at radius 1 is 1.17 bits per heavy atom. The van der Waals surface area contributed by atoms with E-state index in [0.717, 1.165) is 16.9 Å². The van der Waals surface area contributed by atoms with Gasteiger partial charge in [0.2, 0.25) is 9.47 Å². The Kier molecular flexibility index (Phi) is 7.03. The second-order valence-corrected chi connectivity index (χ2v) is 9.43. The molecule has 3 aromatic rings. The number of benzene rings is 2. The van der Waals surface area contributed by atoms with Crippen molar-refractivity contribution < 1.29 is 17.9 Å². The zero-order chi connectivity index (χ0) is 21.7. The Morgan fingerprint density at radius 2 is 1.87 bits per heavy atom. The first-order valence-electron chi connectivity index (χ1n) is 8.89. The van der Waals surface area contributed by atoms with Crippen LogP contribution < -0.4 is 14.8 Å². The molecule has 0 bridgehead atoms. The smallest absolute Gasteiger partial charge is 0.270 e. The van der Waals surface area contributed by atoms with Crippen LogP contribution in [0.2, 0.25) is 5.02 Å². The first kappa shape index (κ1) is 22.2. The van der Waals surface area contributed by atoms with Gasteiger partial charge in [-0.3, -0.25) is 10.1 Å². The summed E-state index contributed by atoms with van der Waals surface area (Å²) in [5.74, 6) is 0.179. The van der Waals surface area contributed by atoms with Gasteiger partial charge in [-0.15, -0.1) is 10.2 Å². The Hall–Kier alpha value is -2.53. The molecule has 2 aromatic carbocycles. The van der Waals surface area contributed by atoms with Gasteiger partial charge in [-0.05, 0) is 36.2 Å². The predicted octanol–water partition coefficient (Wildman–Crippen LogP) is 3.88. The van der Waals surface area contributed by atoms with E-state index in [4.69, 9.17) is 16.3 Å². The van der Waals surface area contributed by atoms with Crippen LogP contribution in [0.3, 0.4) is 0 Å². The highest BCUT2D eigenvalue weighted by atomic mass is 35.5. The number of sulfonamides is 1. The van der Waals surface area contributed by atoms with E-state index in [2.05, 4.69) is 20.2 Å². The van der Waals surface area contributed by atoms with E-state index >= 15 is 0 Å². The molecule has 3 rings (SSSR count). The second kappa shape index (κ2) is 9.52. The van der Waals surface area contributed by atoms with Crippen molar-refractivity contribution >= 4 is 44.0 Å². The Balaban J connectivity index is 1.74. The molecule has 0 aliphatic carbocycles. The number of ether oxygens (including phenoxy) is 1. The van der Waals surface area contributed by atoms with E-state index in [9.17, 15) is 13.2 Å². The van der Waals surface area contributed by atoms with Crippen molar-refractivity contribution in [2.24, 2.45) is 0 Å². The largest absolute Gasteiger partial charge is 0.497 e. The lowest BCUT2D eigenvalue weighted by Gasteiger charge is -2.16. The summed E-state index contributed by atoms with van der Waals surface area (Å²) in [6.45, 7) is 1.87. The summed E-state index contributed by atoms with van der Waals surface area (Å²) in [5.41, 5.74) is 1.04. The maximum Gasteiger partial charge on any atom is 0.270 e. The average molecular weight is 467 g/mol. The lowest BCUT2D eigenvalue weighted by Crippen LogP contribution is -2.28. The predicted molar refractivity (Wildman–Crippen MR) is 116 cm³/mol. The maximum atomic E-state index is 12.8. The number of nitrogens with zero attached hydrogens (tertiary/aromatic N) is 2. The number of methoxy groups -OCH3 is 1. The molecule has 2 N–H and O–H groups in total. The van der Waals surface area contributed by atoms with Gasteiger partial charge in [-0.2, -0.15) is 0 Å². The van der Waals surface area contributed by atoms with Crippen molar-refractivity contribution in [1.82, 2.24) is 14.9 Å². The minimum absolute atomic E-state index is 0.0535. The quantitative estimate of drug-likeness (QED) is 0.487. The van der Waals surface area contributed by atoms with Crippen LogP contribution in [0.25, 0.3) is 0 Å². The summed E-state index contributed by atoms with van der Waals surface area (Å²) >= 11 is 6.76. The summed E-state index contributed by atoms with van der Waals surface area (Å²) in [7, 11) is -2.37. The van der Waals surface area contributed by atoms with Gasteiger partial charge in [0.25, 0.3) is 15.9 Å². The Labute approximate surface area is 183 Å². The van der Waals surface area contributed by atoms with Gasteiger partial charge in [-0.1, -0.05) is 54.1 Å². The number of hydrogen-bond acceptors (Lipinski definition) is 7. The van der Waals surface area contributed by atoms with Gasteiger partial charge in [0.1, 0.15) is 5.75 Å². The number of carbonyl (C=O) groups is 1. The lowest BCUT2D eigenvalue weighted by molar-refractivity contribution is 0.102. The SMILES string of the molecule is CCC(NS(=O)(=O)c1nnc(NC(=O)c2ccccc2Cl)s1)c1ccc(OC)cc1. The molecule has 1 heterocycles. The molecule has 0 spiro atoms. The third kappa shape index (κ3) is 5.14. The number of nitrogens with one attached hydrogen (secondary N) is 2. The van der Waals surface area contributed by atoms with Crippen molar-refractivity contribution in [2.45, 2.75) is 23.7 Å². The average Bonchev–Trinajstić information content (AvgIpc) is 3.22. The topological polar surface area (TPSA) is 110 Å². The summed E-state index contributed by atoms with van der Waals surface area (Å²) in [6.07, 6.45) is 0.528. The minimum Gasteiger partial charge on any atom is -0.497 e. The fraction of sp³-hybridized carbons (Fsp3) is 0.211.